The maximum atomic E-state index is 14.5. The van der Waals surface area contributed by atoms with Gasteiger partial charge in [-0.2, -0.15) is 5.10 Å². The van der Waals surface area contributed by atoms with Gasteiger partial charge < -0.3 is 19.5 Å². The van der Waals surface area contributed by atoms with Gasteiger partial charge in [0.1, 0.15) is 23.2 Å². The van der Waals surface area contributed by atoms with E-state index in [2.05, 4.69) is 5.32 Å². The van der Waals surface area contributed by atoms with Crippen molar-refractivity contribution in [2.75, 3.05) is 12.4 Å². The van der Waals surface area contributed by atoms with E-state index >= 15 is 0 Å². The lowest BCUT2D eigenvalue weighted by Crippen LogP contribution is -2.38. The third-order valence-electron chi connectivity index (χ3n) is 6.93. The summed E-state index contributed by atoms with van der Waals surface area (Å²) in [5, 5.41) is 7.41. The van der Waals surface area contributed by atoms with E-state index in [1.54, 1.807) is 12.0 Å². The number of carbonyl (C=O) groups excluding carboxylic acids is 1. The molecule has 0 bridgehead atoms. The van der Waals surface area contributed by atoms with Crippen molar-refractivity contribution in [1.29, 1.82) is 0 Å². The number of hydrogen-bond acceptors (Lipinski definition) is 3. The number of nitrogens with one attached hydrogen (secondary N) is 1. The van der Waals surface area contributed by atoms with Crippen molar-refractivity contribution in [2.45, 2.75) is 19.5 Å². The minimum Gasteiger partial charge on any atom is -0.497 e. The summed E-state index contributed by atoms with van der Waals surface area (Å²) in [4.78, 5) is 15.5. The molecule has 1 atom stereocenters. The number of hydrogen-bond donors (Lipinski definition) is 1. The van der Waals surface area contributed by atoms with Crippen molar-refractivity contribution in [3.05, 3.63) is 125 Å². The van der Waals surface area contributed by atoms with E-state index < -0.39 is 23.7 Å². The van der Waals surface area contributed by atoms with E-state index in [-0.39, 0.29) is 12.2 Å². The van der Waals surface area contributed by atoms with Gasteiger partial charge in [0.25, 0.3) is 0 Å². The highest BCUT2D eigenvalue weighted by Crippen LogP contribution is 2.39. The molecule has 5 aromatic rings. The van der Waals surface area contributed by atoms with E-state index in [0.29, 0.717) is 5.75 Å². The summed E-state index contributed by atoms with van der Waals surface area (Å²) in [6.07, 6.45) is 1.94. The highest BCUT2D eigenvalue weighted by atomic mass is 19.1. The van der Waals surface area contributed by atoms with E-state index in [0.717, 1.165) is 52.2 Å². The highest BCUT2D eigenvalue weighted by Gasteiger charge is 2.36. The molecule has 0 saturated carbocycles. The van der Waals surface area contributed by atoms with Crippen molar-refractivity contribution in [1.82, 2.24) is 19.2 Å². The zero-order valence-corrected chi connectivity index (χ0v) is 21.3. The number of aromatic nitrogens is 3. The number of urea groups is 1. The van der Waals surface area contributed by atoms with Crippen LogP contribution in [0.15, 0.2) is 91.1 Å². The molecule has 0 fully saturated rings. The van der Waals surface area contributed by atoms with E-state index in [1.807, 2.05) is 89.1 Å². The Kier molecular flexibility index (Phi) is 6.11. The van der Waals surface area contributed by atoms with Crippen LogP contribution in [0.4, 0.5) is 19.3 Å². The lowest BCUT2D eigenvalue weighted by molar-refractivity contribution is 0.194. The largest absolute Gasteiger partial charge is 0.497 e. The van der Waals surface area contributed by atoms with Crippen LogP contribution in [0.3, 0.4) is 0 Å². The van der Waals surface area contributed by atoms with Gasteiger partial charge in [0.05, 0.1) is 42.5 Å². The average molecular weight is 526 g/mol. The molecule has 0 spiro atoms. The molecule has 196 valence electrons. The summed E-state index contributed by atoms with van der Waals surface area (Å²) in [6, 6.07) is 22.9. The van der Waals surface area contributed by atoms with Crippen LogP contribution in [-0.4, -0.2) is 32.4 Å². The fourth-order valence-corrected chi connectivity index (χ4v) is 5.09. The van der Waals surface area contributed by atoms with Crippen LogP contribution in [0.5, 0.6) is 5.75 Å². The predicted molar refractivity (Wildman–Crippen MR) is 143 cm³/mol. The van der Waals surface area contributed by atoms with Crippen LogP contribution in [0.25, 0.3) is 11.5 Å². The predicted octanol–water partition coefficient (Wildman–Crippen LogP) is 6.40. The summed E-state index contributed by atoms with van der Waals surface area (Å²) >= 11 is 0. The number of fused-ring (bicyclic) bond motifs is 3. The molecule has 1 aliphatic rings. The topological polar surface area (TPSA) is 64.3 Å². The number of amides is 2. The lowest BCUT2D eigenvalue weighted by atomic mass is 10.0. The van der Waals surface area contributed by atoms with Gasteiger partial charge in [-0.25, -0.2) is 18.3 Å². The molecule has 1 unspecified atom stereocenters. The van der Waals surface area contributed by atoms with Gasteiger partial charge in [-0.1, -0.05) is 30.3 Å². The first-order chi connectivity index (χ1) is 18.9. The molecule has 39 heavy (non-hydrogen) atoms. The Bertz CT molecular complexity index is 1680. The first-order valence-electron chi connectivity index (χ1n) is 12.4. The zero-order valence-electron chi connectivity index (χ0n) is 21.3. The molecule has 3 heterocycles. The second-order valence-electron chi connectivity index (χ2n) is 9.30. The zero-order chi connectivity index (χ0) is 27.1. The second kappa shape index (κ2) is 9.75. The smallest absolute Gasteiger partial charge is 0.323 e. The van der Waals surface area contributed by atoms with E-state index in [1.165, 1.54) is 0 Å². The molecule has 6 rings (SSSR count). The second-order valence-corrected chi connectivity index (χ2v) is 9.30. The Hall–Kier alpha value is -4.92. The molecule has 7 nitrogen and oxygen atoms in total. The van der Waals surface area contributed by atoms with Gasteiger partial charge >= 0.3 is 6.03 Å². The molecule has 9 heteroatoms. The molecule has 1 aliphatic heterocycles. The Balaban J connectivity index is 1.55. The number of ether oxygens (including phenoxy) is 1. The number of halogens is 2. The number of methoxy groups -OCH3 is 1. The number of anilines is 1. The molecular formula is C30H25F2N5O2. The Labute approximate surface area is 223 Å². The minimum absolute atomic E-state index is 0.167. The first kappa shape index (κ1) is 24.4. The molecule has 1 N–H and O–H groups in total. The molecule has 2 amide bonds. The molecule has 0 saturated heterocycles. The number of rotatable bonds is 4. The summed E-state index contributed by atoms with van der Waals surface area (Å²) in [5.41, 5.74) is 3.81. The Morgan fingerprint density at radius 1 is 1.00 bits per heavy atom. The molecule has 0 aliphatic carbocycles. The maximum Gasteiger partial charge on any atom is 0.323 e. The van der Waals surface area contributed by atoms with Crippen LogP contribution in [0.2, 0.25) is 0 Å². The molecule has 2 aromatic heterocycles. The Morgan fingerprint density at radius 2 is 1.82 bits per heavy atom. The van der Waals surface area contributed by atoms with E-state index in [4.69, 9.17) is 9.84 Å². The van der Waals surface area contributed by atoms with Crippen LogP contribution < -0.4 is 10.1 Å². The standard InChI is InChI=1S/C30H25F2N5O2/c1-19-24-18-36(30(38)33-26-17-21(31)13-14-25(26)32)28(20-8-6-11-23(16-20)39-2)27-12-7-15-35(27)29(24)37(34-19)22-9-4-3-5-10-22/h3-17,28H,18H2,1-2H3,(H,33,38). The van der Waals surface area contributed by atoms with Gasteiger partial charge in [0.2, 0.25) is 0 Å². The summed E-state index contributed by atoms with van der Waals surface area (Å²) in [7, 11) is 1.58. The van der Waals surface area contributed by atoms with Gasteiger partial charge in [-0.15, -0.1) is 0 Å². The van der Waals surface area contributed by atoms with Crippen molar-refractivity contribution < 1.29 is 18.3 Å². The van der Waals surface area contributed by atoms with Gasteiger partial charge in [-0.3, -0.25) is 0 Å². The number of aryl methyl sites for hydroxylation is 1. The third kappa shape index (κ3) is 4.31. The van der Waals surface area contributed by atoms with Crippen LogP contribution in [0, 0.1) is 18.6 Å². The molecule has 0 radical (unpaired) electrons. The SMILES string of the molecule is COc1cccc(C2c3cccn3-c3c(c(C)nn3-c3ccccc3)CN2C(=O)Nc2cc(F)ccc2F)c1. The van der Waals surface area contributed by atoms with E-state index in [9.17, 15) is 13.6 Å². The summed E-state index contributed by atoms with van der Waals surface area (Å²) < 4.78 is 37.9. The van der Waals surface area contributed by atoms with Crippen molar-refractivity contribution >= 4 is 11.7 Å². The summed E-state index contributed by atoms with van der Waals surface area (Å²) in [5.74, 6) is 0.0621. The van der Waals surface area contributed by atoms with Gasteiger partial charge in [0.15, 0.2) is 0 Å². The van der Waals surface area contributed by atoms with Crippen molar-refractivity contribution in [3.8, 4) is 17.3 Å². The fraction of sp³-hybridized carbons (Fsp3) is 0.133. The fourth-order valence-electron chi connectivity index (χ4n) is 5.09. The third-order valence-corrected chi connectivity index (χ3v) is 6.93. The average Bonchev–Trinajstić information content (AvgIpc) is 3.51. The Morgan fingerprint density at radius 3 is 2.62 bits per heavy atom. The monoisotopic (exact) mass is 525 g/mol. The quantitative estimate of drug-likeness (QED) is 0.296. The first-order valence-corrected chi connectivity index (χ1v) is 12.4. The number of carbonyl (C=O) groups is 1. The van der Waals surface area contributed by atoms with Crippen molar-refractivity contribution in [3.63, 3.8) is 0 Å². The van der Waals surface area contributed by atoms with Crippen LogP contribution in [-0.2, 0) is 6.54 Å². The number of nitrogens with zero attached hydrogens (tertiary/aromatic N) is 4. The number of para-hydroxylation sites is 1. The molecule has 3 aromatic carbocycles. The van der Waals surface area contributed by atoms with Crippen LogP contribution in [0.1, 0.15) is 28.6 Å². The van der Waals surface area contributed by atoms with Crippen molar-refractivity contribution in [2.24, 2.45) is 0 Å². The minimum atomic E-state index is -0.727. The summed E-state index contributed by atoms with van der Waals surface area (Å²) in [6.45, 7) is 2.07. The molecular weight excluding hydrogens is 500 g/mol. The van der Waals surface area contributed by atoms with Gasteiger partial charge in [0, 0.05) is 17.8 Å². The van der Waals surface area contributed by atoms with Gasteiger partial charge in [-0.05, 0) is 61.0 Å². The highest BCUT2D eigenvalue weighted by molar-refractivity contribution is 5.90. The van der Waals surface area contributed by atoms with Crippen LogP contribution >= 0.6 is 0 Å². The number of benzene rings is 3. The maximum absolute atomic E-state index is 14.5. The lowest BCUT2D eigenvalue weighted by Gasteiger charge is -2.31. The normalized spacial score (nSPS) is 14.4.